The molecule has 0 fully saturated rings. The van der Waals surface area contributed by atoms with Crippen molar-refractivity contribution in [2.45, 2.75) is 39.5 Å². The lowest BCUT2D eigenvalue weighted by Gasteiger charge is -2.22. The number of nitrogens with two attached hydrogens (primary N) is 1. The van der Waals surface area contributed by atoms with Gasteiger partial charge >= 0.3 is 0 Å². The van der Waals surface area contributed by atoms with Crippen molar-refractivity contribution >= 4 is 23.1 Å². The van der Waals surface area contributed by atoms with Crippen molar-refractivity contribution in [2.24, 2.45) is 11.7 Å². The minimum absolute atomic E-state index is 0.138. The molecule has 4 heteroatoms. The maximum atomic E-state index is 12.0. The zero-order chi connectivity index (χ0) is 11.8. The topological polar surface area (TPSA) is 46.3 Å². The number of likely N-dealkylation sites (N-methyl/N-ethyl adjacent to an activating group) is 1. The van der Waals surface area contributed by atoms with Crippen LogP contribution in [0.4, 0.5) is 0 Å². The largest absolute Gasteiger partial charge is 0.392 e. The van der Waals surface area contributed by atoms with E-state index in [4.69, 9.17) is 18.0 Å². The lowest BCUT2D eigenvalue weighted by atomic mass is 9.97. The quantitative estimate of drug-likeness (QED) is 0.680. The van der Waals surface area contributed by atoms with Crippen LogP contribution in [0.3, 0.4) is 0 Å². The fraction of sp³-hybridized carbons (Fsp3) is 0.818. The Labute approximate surface area is 98.0 Å². The minimum Gasteiger partial charge on any atom is -0.392 e. The van der Waals surface area contributed by atoms with E-state index in [1.54, 1.807) is 11.9 Å². The molecule has 0 bridgehead atoms. The summed E-state index contributed by atoms with van der Waals surface area (Å²) >= 11 is 4.79. The highest BCUT2D eigenvalue weighted by molar-refractivity contribution is 7.80. The molecule has 0 aliphatic heterocycles. The molecule has 0 spiro atoms. The summed E-state index contributed by atoms with van der Waals surface area (Å²) in [5.41, 5.74) is 5.42. The van der Waals surface area contributed by atoms with Crippen LogP contribution in [0.25, 0.3) is 0 Å². The van der Waals surface area contributed by atoms with E-state index in [0.717, 1.165) is 25.7 Å². The number of rotatable bonds is 7. The number of thiocarbonyl (C=S) groups is 1. The van der Waals surface area contributed by atoms with Gasteiger partial charge in [-0.25, -0.2) is 0 Å². The van der Waals surface area contributed by atoms with Crippen LogP contribution >= 0.6 is 12.2 Å². The van der Waals surface area contributed by atoms with Gasteiger partial charge in [-0.15, -0.1) is 0 Å². The molecule has 2 N–H and O–H groups in total. The fourth-order valence-corrected chi connectivity index (χ4v) is 1.91. The Bertz CT molecular complexity index is 213. The van der Waals surface area contributed by atoms with E-state index < -0.39 is 0 Å². The standard InChI is InChI=1S/C11H22N2OS/c1-4-6-9(7-5-2)11(14)13(3)8-10(12)15/h9H,4-8H2,1-3H3,(H2,12,15). The highest BCUT2D eigenvalue weighted by atomic mass is 32.1. The predicted octanol–water partition coefficient (Wildman–Crippen LogP) is 1.95. The van der Waals surface area contributed by atoms with Gasteiger partial charge in [0.15, 0.2) is 0 Å². The number of carbonyl (C=O) groups excluding carboxylic acids is 1. The molecule has 0 unspecified atom stereocenters. The van der Waals surface area contributed by atoms with Gasteiger partial charge in [0.05, 0.1) is 11.5 Å². The molecule has 0 rings (SSSR count). The second-order valence-corrected chi connectivity index (χ2v) is 4.46. The van der Waals surface area contributed by atoms with Gasteiger partial charge in [0.1, 0.15) is 0 Å². The molecule has 0 aliphatic rings. The van der Waals surface area contributed by atoms with Crippen molar-refractivity contribution < 1.29 is 4.79 Å². The zero-order valence-corrected chi connectivity index (χ0v) is 10.8. The van der Waals surface area contributed by atoms with Crippen LogP contribution in [0.2, 0.25) is 0 Å². The minimum atomic E-state index is 0.138. The molecule has 0 saturated carbocycles. The van der Waals surface area contributed by atoms with Gasteiger partial charge in [0.2, 0.25) is 5.91 Å². The monoisotopic (exact) mass is 230 g/mol. The second kappa shape index (κ2) is 7.63. The van der Waals surface area contributed by atoms with Gasteiger partial charge in [0.25, 0.3) is 0 Å². The van der Waals surface area contributed by atoms with Gasteiger partial charge in [0, 0.05) is 13.0 Å². The van der Waals surface area contributed by atoms with Crippen LogP contribution in [-0.2, 0) is 4.79 Å². The molecule has 0 aliphatic carbocycles. The third-order valence-corrected chi connectivity index (χ3v) is 2.52. The molecule has 0 aromatic carbocycles. The van der Waals surface area contributed by atoms with Crippen molar-refractivity contribution in [1.29, 1.82) is 0 Å². The van der Waals surface area contributed by atoms with Crippen LogP contribution in [0.5, 0.6) is 0 Å². The first-order chi connectivity index (χ1) is 7.02. The van der Waals surface area contributed by atoms with E-state index in [1.165, 1.54) is 0 Å². The maximum Gasteiger partial charge on any atom is 0.225 e. The molecule has 15 heavy (non-hydrogen) atoms. The Balaban J connectivity index is 4.27. The highest BCUT2D eigenvalue weighted by Crippen LogP contribution is 2.15. The van der Waals surface area contributed by atoms with E-state index >= 15 is 0 Å². The smallest absolute Gasteiger partial charge is 0.225 e. The summed E-state index contributed by atoms with van der Waals surface area (Å²) in [5, 5.41) is 0. The van der Waals surface area contributed by atoms with Gasteiger partial charge in [-0.05, 0) is 12.8 Å². The Hall–Kier alpha value is -0.640. The number of hydrogen-bond acceptors (Lipinski definition) is 2. The lowest BCUT2D eigenvalue weighted by Crippen LogP contribution is -2.38. The van der Waals surface area contributed by atoms with Crippen LogP contribution in [0, 0.1) is 5.92 Å². The van der Waals surface area contributed by atoms with Crippen LogP contribution in [0.1, 0.15) is 39.5 Å². The first kappa shape index (κ1) is 14.4. The third kappa shape index (κ3) is 5.72. The first-order valence-corrected chi connectivity index (χ1v) is 5.97. The third-order valence-electron chi connectivity index (χ3n) is 2.39. The second-order valence-electron chi connectivity index (χ2n) is 3.93. The SMILES string of the molecule is CCCC(CCC)C(=O)N(C)CC(N)=S. The van der Waals surface area contributed by atoms with Crippen molar-refractivity contribution in [2.75, 3.05) is 13.6 Å². The van der Waals surface area contributed by atoms with Gasteiger partial charge < -0.3 is 10.6 Å². The first-order valence-electron chi connectivity index (χ1n) is 5.56. The Morgan fingerprint density at radius 1 is 1.33 bits per heavy atom. The van der Waals surface area contributed by atoms with Crippen molar-refractivity contribution in [3.8, 4) is 0 Å². The number of hydrogen-bond donors (Lipinski definition) is 1. The Morgan fingerprint density at radius 2 is 1.80 bits per heavy atom. The van der Waals surface area contributed by atoms with Gasteiger partial charge in [-0.3, -0.25) is 4.79 Å². The Morgan fingerprint density at radius 3 is 2.13 bits per heavy atom. The summed E-state index contributed by atoms with van der Waals surface area (Å²) in [5.74, 6) is 0.311. The fourth-order valence-electron chi connectivity index (χ4n) is 1.71. The summed E-state index contributed by atoms with van der Waals surface area (Å²) in [6.45, 7) is 4.59. The van der Waals surface area contributed by atoms with Gasteiger partial charge in [-0.1, -0.05) is 38.9 Å². The summed E-state index contributed by atoms with van der Waals surface area (Å²) in [7, 11) is 1.76. The summed E-state index contributed by atoms with van der Waals surface area (Å²) in [6.07, 6.45) is 3.98. The molecule has 0 aromatic heterocycles. The normalized spacial score (nSPS) is 10.4. The molecule has 0 heterocycles. The molecule has 0 saturated heterocycles. The number of nitrogens with zero attached hydrogens (tertiary/aromatic N) is 1. The maximum absolute atomic E-state index is 12.0. The summed E-state index contributed by atoms with van der Waals surface area (Å²) in [6, 6.07) is 0. The van der Waals surface area contributed by atoms with Crippen LogP contribution in [0.15, 0.2) is 0 Å². The molecular formula is C11H22N2OS. The number of carbonyl (C=O) groups is 1. The lowest BCUT2D eigenvalue weighted by molar-refractivity contribution is -0.134. The highest BCUT2D eigenvalue weighted by Gasteiger charge is 2.20. The van der Waals surface area contributed by atoms with Crippen molar-refractivity contribution in [3.63, 3.8) is 0 Å². The summed E-state index contributed by atoms with van der Waals surface area (Å²) in [4.78, 5) is 14.0. The average Bonchev–Trinajstić information content (AvgIpc) is 2.15. The van der Waals surface area contributed by atoms with E-state index in [1.807, 2.05) is 0 Å². The van der Waals surface area contributed by atoms with Crippen molar-refractivity contribution in [3.05, 3.63) is 0 Å². The van der Waals surface area contributed by atoms with Crippen LogP contribution < -0.4 is 5.73 Å². The molecule has 88 valence electrons. The molecule has 3 nitrogen and oxygen atoms in total. The van der Waals surface area contributed by atoms with E-state index in [2.05, 4.69) is 13.8 Å². The average molecular weight is 230 g/mol. The summed E-state index contributed by atoms with van der Waals surface area (Å²) < 4.78 is 0. The number of amides is 1. The van der Waals surface area contributed by atoms with E-state index in [-0.39, 0.29) is 11.8 Å². The Kier molecular flexibility index (Phi) is 7.30. The van der Waals surface area contributed by atoms with Crippen LogP contribution in [-0.4, -0.2) is 29.4 Å². The molecule has 1 amide bonds. The molecule has 0 atom stereocenters. The van der Waals surface area contributed by atoms with E-state index in [9.17, 15) is 4.79 Å². The molecular weight excluding hydrogens is 208 g/mol. The van der Waals surface area contributed by atoms with Gasteiger partial charge in [-0.2, -0.15) is 0 Å². The predicted molar refractivity (Wildman–Crippen MR) is 67.7 cm³/mol. The van der Waals surface area contributed by atoms with Crippen molar-refractivity contribution in [1.82, 2.24) is 4.90 Å². The molecule has 0 aromatic rings. The zero-order valence-electron chi connectivity index (χ0n) is 9.95. The molecule has 0 radical (unpaired) electrons. The van der Waals surface area contributed by atoms with E-state index in [0.29, 0.717) is 11.5 Å².